The molecule has 1 fully saturated rings. The molecule has 0 radical (unpaired) electrons. The van der Waals surface area contributed by atoms with Gasteiger partial charge in [-0.25, -0.2) is 0 Å². The molecule has 1 aliphatic rings. The van der Waals surface area contributed by atoms with E-state index in [-0.39, 0.29) is 18.9 Å². The third-order valence-electron chi connectivity index (χ3n) is 3.93. The molecule has 0 aromatic heterocycles. The van der Waals surface area contributed by atoms with E-state index in [1.54, 1.807) is 24.3 Å². The predicted molar refractivity (Wildman–Crippen MR) is 90.4 cm³/mol. The standard InChI is InChI=1S/C18H16BrNO4/c19-14-3-1-12(2-4-14)11-24-16-7-5-15(6-8-16)20-10-13(18(22)23)9-17(20)21/h1-8,13H,9-11H2,(H,22,23)/p-1/t13-/m0/s1. The first-order valence-corrected chi connectivity index (χ1v) is 8.31. The van der Waals surface area contributed by atoms with E-state index in [9.17, 15) is 14.7 Å². The van der Waals surface area contributed by atoms with E-state index in [0.29, 0.717) is 18.0 Å². The van der Waals surface area contributed by atoms with Crippen LogP contribution >= 0.6 is 15.9 Å². The summed E-state index contributed by atoms with van der Waals surface area (Å²) in [5.74, 6) is -1.44. The fourth-order valence-electron chi connectivity index (χ4n) is 2.58. The summed E-state index contributed by atoms with van der Waals surface area (Å²) in [6, 6.07) is 14.9. The normalized spacial score (nSPS) is 17.1. The third kappa shape index (κ3) is 3.76. The molecule has 124 valence electrons. The maximum Gasteiger partial charge on any atom is 0.227 e. The van der Waals surface area contributed by atoms with Crippen LogP contribution in [0.4, 0.5) is 5.69 Å². The van der Waals surface area contributed by atoms with Gasteiger partial charge in [-0.1, -0.05) is 28.1 Å². The Bertz CT molecular complexity index is 743. The van der Waals surface area contributed by atoms with Crippen LogP contribution in [-0.2, 0) is 16.2 Å². The maximum absolute atomic E-state index is 11.9. The zero-order chi connectivity index (χ0) is 17.1. The quantitative estimate of drug-likeness (QED) is 0.786. The lowest BCUT2D eigenvalue weighted by Crippen LogP contribution is -2.33. The summed E-state index contributed by atoms with van der Waals surface area (Å²) in [6.07, 6.45) is -0.00977. The summed E-state index contributed by atoms with van der Waals surface area (Å²) in [7, 11) is 0. The number of ether oxygens (including phenoxy) is 1. The summed E-state index contributed by atoms with van der Waals surface area (Å²) in [5, 5.41) is 10.9. The number of hydrogen-bond donors (Lipinski definition) is 0. The maximum atomic E-state index is 11.9. The summed E-state index contributed by atoms with van der Waals surface area (Å²) < 4.78 is 6.73. The van der Waals surface area contributed by atoms with Gasteiger partial charge in [-0.15, -0.1) is 0 Å². The van der Waals surface area contributed by atoms with Crippen LogP contribution in [0, 0.1) is 5.92 Å². The van der Waals surface area contributed by atoms with E-state index >= 15 is 0 Å². The molecule has 0 spiro atoms. The average molecular weight is 389 g/mol. The largest absolute Gasteiger partial charge is 0.550 e. The molecule has 2 aromatic rings. The highest BCUT2D eigenvalue weighted by atomic mass is 79.9. The lowest BCUT2D eigenvalue weighted by atomic mass is 10.1. The number of amides is 1. The smallest absolute Gasteiger partial charge is 0.227 e. The van der Waals surface area contributed by atoms with Gasteiger partial charge in [0.2, 0.25) is 5.91 Å². The molecule has 1 aliphatic heterocycles. The molecule has 1 saturated heterocycles. The minimum absolute atomic E-state index is 0.00977. The van der Waals surface area contributed by atoms with Crippen LogP contribution in [0.2, 0.25) is 0 Å². The Morgan fingerprint density at radius 1 is 1.17 bits per heavy atom. The highest BCUT2D eigenvalue weighted by Gasteiger charge is 2.31. The van der Waals surface area contributed by atoms with E-state index in [0.717, 1.165) is 10.0 Å². The number of hydrogen-bond acceptors (Lipinski definition) is 4. The lowest BCUT2D eigenvalue weighted by Gasteiger charge is -2.17. The molecule has 0 bridgehead atoms. The van der Waals surface area contributed by atoms with Crippen LogP contribution in [0.5, 0.6) is 5.75 Å². The Kier molecular flexibility index (Phi) is 4.85. The Hall–Kier alpha value is -2.34. The number of benzene rings is 2. The van der Waals surface area contributed by atoms with Crippen LogP contribution < -0.4 is 14.7 Å². The van der Waals surface area contributed by atoms with Gasteiger partial charge in [0.05, 0.1) is 0 Å². The van der Waals surface area contributed by atoms with Gasteiger partial charge in [-0.2, -0.15) is 0 Å². The van der Waals surface area contributed by atoms with Crippen molar-refractivity contribution in [1.29, 1.82) is 0 Å². The van der Waals surface area contributed by atoms with Crippen LogP contribution in [-0.4, -0.2) is 18.4 Å². The summed E-state index contributed by atoms with van der Waals surface area (Å²) in [6.45, 7) is 0.599. The molecule has 0 unspecified atom stereocenters. The first-order valence-electron chi connectivity index (χ1n) is 7.51. The highest BCUT2D eigenvalue weighted by molar-refractivity contribution is 9.10. The van der Waals surface area contributed by atoms with Gasteiger partial charge < -0.3 is 19.5 Å². The second-order valence-electron chi connectivity index (χ2n) is 5.63. The van der Waals surface area contributed by atoms with Crippen molar-refractivity contribution in [3.63, 3.8) is 0 Å². The van der Waals surface area contributed by atoms with Crippen molar-refractivity contribution in [3.05, 3.63) is 58.6 Å². The molecule has 5 nitrogen and oxygen atoms in total. The van der Waals surface area contributed by atoms with E-state index < -0.39 is 11.9 Å². The zero-order valence-corrected chi connectivity index (χ0v) is 14.4. The summed E-state index contributed by atoms with van der Waals surface area (Å²) in [5.41, 5.74) is 1.72. The number of carboxylic acid groups (broad SMARTS) is 1. The number of carbonyl (C=O) groups excluding carboxylic acids is 2. The summed E-state index contributed by atoms with van der Waals surface area (Å²) in [4.78, 5) is 24.3. The molecule has 3 rings (SSSR count). The Balaban J connectivity index is 1.62. The molecule has 1 heterocycles. The van der Waals surface area contributed by atoms with Crippen molar-refractivity contribution in [2.45, 2.75) is 13.0 Å². The minimum Gasteiger partial charge on any atom is -0.550 e. The first-order chi connectivity index (χ1) is 11.5. The molecule has 0 N–H and O–H groups in total. The Morgan fingerprint density at radius 3 is 2.42 bits per heavy atom. The number of rotatable bonds is 5. The predicted octanol–water partition coefficient (Wildman–Crippen LogP) is 2.13. The van der Waals surface area contributed by atoms with Gasteiger partial charge in [-0.3, -0.25) is 4.79 Å². The minimum atomic E-state index is -1.18. The lowest BCUT2D eigenvalue weighted by molar-refractivity contribution is -0.310. The molecule has 24 heavy (non-hydrogen) atoms. The molecular formula is C18H15BrNO4-. The molecule has 1 atom stereocenters. The van der Waals surface area contributed by atoms with Gasteiger partial charge in [0, 0.05) is 35.0 Å². The van der Waals surface area contributed by atoms with Gasteiger partial charge >= 0.3 is 0 Å². The van der Waals surface area contributed by atoms with Gasteiger partial charge in [0.25, 0.3) is 0 Å². The topological polar surface area (TPSA) is 69.7 Å². The second-order valence-corrected chi connectivity index (χ2v) is 6.55. The molecular weight excluding hydrogens is 374 g/mol. The van der Waals surface area contributed by atoms with Crippen molar-refractivity contribution in [2.75, 3.05) is 11.4 Å². The monoisotopic (exact) mass is 388 g/mol. The molecule has 1 amide bonds. The highest BCUT2D eigenvalue weighted by Crippen LogP contribution is 2.27. The van der Waals surface area contributed by atoms with Crippen molar-refractivity contribution >= 4 is 33.5 Å². The number of carboxylic acids is 1. The van der Waals surface area contributed by atoms with Gasteiger partial charge in [-0.05, 0) is 42.0 Å². The first kappa shape index (κ1) is 16.5. The number of aliphatic carboxylic acids is 1. The SMILES string of the molecule is O=C([O-])[C@H]1CC(=O)N(c2ccc(OCc3ccc(Br)cc3)cc2)C1. The second kappa shape index (κ2) is 7.05. The molecule has 0 aliphatic carbocycles. The van der Waals surface area contributed by atoms with E-state index in [4.69, 9.17) is 4.74 Å². The van der Waals surface area contributed by atoms with Crippen molar-refractivity contribution in [2.24, 2.45) is 5.92 Å². The molecule has 0 saturated carbocycles. The van der Waals surface area contributed by atoms with Crippen LogP contribution in [0.25, 0.3) is 0 Å². The summed E-state index contributed by atoms with van der Waals surface area (Å²) >= 11 is 3.39. The number of anilines is 1. The van der Waals surface area contributed by atoms with Crippen molar-refractivity contribution in [1.82, 2.24) is 0 Å². The molecule has 6 heteroatoms. The Labute approximate surface area is 148 Å². The number of nitrogens with zero attached hydrogens (tertiary/aromatic N) is 1. The van der Waals surface area contributed by atoms with E-state index in [1.165, 1.54) is 4.90 Å². The average Bonchev–Trinajstić information content (AvgIpc) is 2.97. The molecule has 2 aromatic carbocycles. The fourth-order valence-corrected chi connectivity index (χ4v) is 2.85. The van der Waals surface area contributed by atoms with Crippen LogP contribution in [0.3, 0.4) is 0 Å². The number of carbonyl (C=O) groups is 2. The zero-order valence-electron chi connectivity index (χ0n) is 12.8. The Morgan fingerprint density at radius 2 is 1.83 bits per heavy atom. The van der Waals surface area contributed by atoms with E-state index in [1.807, 2.05) is 24.3 Å². The van der Waals surface area contributed by atoms with E-state index in [2.05, 4.69) is 15.9 Å². The number of halogens is 1. The van der Waals surface area contributed by atoms with Crippen molar-refractivity contribution in [3.8, 4) is 5.75 Å². The third-order valence-corrected chi connectivity index (χ3v) is 4.45. The van der Waals surface area contributed by atoms with Gasteiger partial charge in [0.15, 0.2) is 0 Å². The van der Waals surface area contributed by atoms with Gasteiger partial charge in [0.1, 0.15) is 12.4 Å². The van der Waals surface area contributed by atoms with Crippen LogP contribution in [0.15, 0.2) is 53.0 Å². The van der Waals surface area contributed by atoms with Crippen molar-refractivity contribution < 1.29 is 19.4 Å². The van der Waals surface area contributed by atoms with Crippen LogP contribution in [0.1, 0.15) is 12.0 Å². The fraction of sp³-hybridized carbons (Fsp3) is 0.222.